The Balaban J connectivity index is 2.02. The largest absolute Gasteiger partial charge is 0.351 e. The smallest absolute Gasteiger partial charge is 0.186 e. The van der Waals surface area contributed by atoms with E-state index in [1.165, 1.54) is 18.4 Å². The Morgan fingerprint density at radius 1 is 1.38 bits per heavy atom. The molecule has 0 aliphatic heterocycles. The first-order valence-corrected chi connectivity index (χ1v) is 5.52. The van der Waals surface area contributed by atoms with Gasteiger partial charge in [-0.15, -0.1) is 0 Å². The number of hydrogen-bond donors (Lipinski definition) is 1. The van der Waals surface area contributed by atoms with E-state index in [9.17, 15) is 0 Å². The van der Waals surface area contributed by atoms with Crippen LogP contribution in [-0.4, -0.2) is 19.7 Å². The van der Waals surface area contributed by atoms with Gasteiger partial charge >= 0.3 is 0 Å². The summed E-state index contributed by atoms with van der Waals surface area (Å²) < 4.78 is 1.81. The van der Waals surface area contributed by atoms with Crippen molar-refractivity contribution >= 4 is 0 Å². The van der Waals surface area contributed by atoms with Crippen LogP contribution in [0.5, 0.6) is 0 Å². The zero-order chi connectivity index (χ0) is 11.0. The number of aromatic nitrogens is 4. The number of quaternary nitrogens is 1. The molecule has 0 bridgehead atoms. The van der Waals surface area contributed by atoms with Gasteiger partial charge in [0.15, 0.2) is 5.82 Å². The van der Waals surface area contributed by atoms with E-state index < -0.39 is 0 Å². The maximum Gasteiger partial charge on any atom is 0.186 e. The molecule has 1 saturated carbocycles. The predicted octanol–water partition coefficient (Wildman–Crippen LogP) is 0.282. The third-order valence-corrected chi connectivity index (χ3v) is 2.88. The summed E-state index contributed by atoms with van der Waals surface area (Å²) in [6.45, 7) is 0.633. The second-order valence-corrected chi connectivity index (χ2v) is 4.09. The van der Waals surface area contributed by atoms with Gasteiger partial charge in [0.2, 0.25) is 0 Å². The molecule has 82 valence electrons. The van der Waals surface area contributed by atoms with Crippen LogP contribution in [0, 0.1) is 0 Å². The maximum absolute atomic E-state index is 4.27. The highest BCUT2D eigenvalue weighted by atomic mass is 15.3. The predicted molar refractivity (Wildman–Crippen MR) is 57.7 cm³/mol. The minimum atomic E-state index is 0.633. The first kappa shape index (κ1) is 9.47. The van der Waals surface area contributed by atoms with Gasteiger partial charge in [-0.1, -0.05) is 0 Å². The summed E-state index contributed by atoms with van der Waals surface area (Å²) in [7, 11) is 0. The van der Waals surface area contributed by atoms with Gasteiger partial charge in [0.05, 0.1) is 11.9 Å². The minimum Gasteiger partial charge on any atom is -0.351 e. The van der Waals surface area contributed by atoms with Crippen molar-refractivity contribution in [2.45, 2.75) is 25.3 Å². The van der Waals surface area contributed by atoms with Crippen molar-refractivity contribution in [3.8, 4) is 5.69 Å². The normalized spacial score (nSPS) is 15.3. The van der Waals surface area contributed by atoms with E-state index in [1.54, 1.807) is 6.33 Å². The Hall–Kier alpha value is -1.75. The summed E-state index contributed by atoms with van der Waals surface area (Å²) in [4.78, 5) is 8.43. The van der Waals surface area contributed by atoms with Crippen molar-refractivity contribution < 1.29 is 5.73 Å². The minimum absolute atomic E-state index is 0.633. The molecule has 0 radical (unpaired) electrons. The summed E-state index contributed by atoms with van der Waals surface area (Å²) in [5.74, 6) is 1.58. The van der Waals surface area contributed by atoms with Crippen LogP contribution in [0.3, 0.4) is 0 Å². The average molecular weight is 216 g/mol. The lowest BCUT2D eigenvalue weighted by atomic mass is 10.2. The molecular formula is C11H14N5+. The highest BCUT2D eigenvalue weighted by Gasteiger charge is 2.24. The molecule has 2 heterocycles. The molecule has 3 N–H and O–H groups in total. The molecule has 5 heteroatoms. The molecule has 2 aromatic heterocycles. The van der Waals surface area contributed by atoms with Crippen LogP contribution in [0.2, 0.25) is 0 Å². The van der Waals surface area contributed by atoms with Crippen molar-refractivity contribution in [2.75, 3.05) is 0 Å². The van der Waals surface area contributed by atoms with Gasteiger partial charge in [0.25, 0.3) is 0 Å². The quantitative estimate of drug-likeness (QED) is 0.801. The van der Waals surface area contributed by atoms with Crippen LogP contribution in [0.1, 0.15) is 30.1 Å². The van der Waals surface area contributed by atoms with Gasteiger partial charge in [-0.25, -0.2) is 9.67 Å². The monoisotopic (exact) mass is 216 g/mol. The number of rotatable bonds is 3. The van der Waals surface area contributed by atoms with Crippen molar-refractivity contribution in [2.24, 2.45) is 0 Å². The summed E-state index contributed by atoms with van der Waals surface area (Å²) in [5.41, 5.74) is 6.14. The molecule has 0 atom stereocenters. The average Bonchev–Trinajstić information content (AvgIpc) is 3.07. The first-order chi connectivity index (χ1) is 7.88. The zero-order valence-electron chi connectivity index (χ0n) is 9.00. The fourth-order valence-electron chi connectivity index (χ4n) is 1.85. The Morgan fingerprint density at radius 3 is 3.00 bits per heavy atom. The van der Waals surface area contributed by atoms with E-state index in [-0.39, 0.29) is 0 Å². The third-order valence-electron chi connectivity index (χ3n) is 2.88. The Labute approximate surface area is 93.3 Å². The summed E-state index contributed by atoms with van der Waals surface area (Å²) >= 11 is 0. The van der Waals surface area contributed by atoms with Gasteiger partial charge in [-0.2, -0.15) is 5.10 Å². The van der Waals surface area contributed by atoms with Crippen molar-refractivity contribution in [3.63, 3.8) is 0 Å². The molecule has 0 spiro atoms. The van der Waals surface area contributed by atoms with Gasteiger partial charge in [-0.05, 0) is 30.4 Å². The van der Waals surface area contributed by atoms with Crippen LogP contribution in [0.15, 0.2) is 24.8 Å². The fourth-order valence-corrected chi connectivity index (χ4v) is 1.85. The number of nitrogens with zero attached hydrogens (tertiary/aromatic N) is 4. The van der Waals surface area contributed by atoms with Crippen LogP contribution in [0.4, 0.5) is 0 Å². The molecule has 0 unspecified atom stereocenters. The zero-order valence-corrected chi connectivity index (χ0v) is 9.00. The molecule has 2 aromatic rings. The van der Waals surface area contributed by atoms with E-state index >= 15 is 0 Å². The SMILES string of the molecule is [NH3+]Cc1ncnn1-c1cncc(C2CC2)c1. The van der Waals surface area contributed by atoms with Crippen LogP contribution in [-0.2, 0) is 6.54 Å². The summed E-state index contributed by atoms with van der Waals surface area (Å²) in [6, 6.07) is 2.15. The van der Waals surface area contributed by atoms with Gasteiger partial charge < -0.3 is 5.73 Å². The second-order valence-electron chi connectivity index (χ2n) is 4.09. The summed E-state index contributed by atoms with van der Waals surface area (Å²) in [5, 5.41) is 4.20. The number of hydrogen-bond acceptors (Lipinski definition) is 3. The Morgan fingerprint density at radius 2 is 2.25 bits per heavy atom. The molecule has 1 aliphatic carbocycles. The molecule has 0 saturated heterocycles. The van der Waals surface area contributed by atoms with Crippen LogP contribution >= 0.6 is 0 Å². The van der Waals surface area contributed by atoms with Crippen molar-refractivity contribution in [3.05, 3.63) is 36.2 Å². The van der Waals surface area contributed by atoms with Gasteiger partial charge in [-0.3, -0.25) is 4.98 Å². The van der Waals surface area contributed by atoms with Crippen LogP contribution in [0.25, 0.3) is 5.69 Å². The molecule has 0 aromatic carbocycles. The molecule has 3 rings (SSSR count). The van der Waals surface area contributed by atoms with E-state index in [0.29, 0.717) is 12.5 Å². The van der Waals surface area contributed by atoms with E-state index in [2.05, 4.69) is 26.9 Å². The van der Waals surface area contributed by atoms with E-state index in [0.717, 1.165) is 11.5 Å². The Bertz CT molecular complexity index is 501. The lowest BCUT2D eigenvalue weighted by Gasteiger charge is -2.04. The van der Waals surface area contributed by atoms with Gasteiger partial charge in [0.1, 0.15) is 12.9 Å². The summed E-state index contributed by atoms with van der Waals surface area (Å²) in [6.07, 6.45) is 7.89. The Kier molecular flexibility index (Phi) is 2.18. The molecule has 0 amide bonds. The standard InChI is InChI=1S/C11H13N5/c12-4-11-14-7-15-16(11)10-3-9(5-13-6-10)8-1-2-8/h3,5-8H,1-2,4,12H2/p+1. The highest BCUT2D eigenvalue weighted by molar-refractivity contribution is 5.34. The van der Waals surface area contributed by atoms with Crippen molar-refractivity contribution in [1.82, 2.24) is 19.7 Å². The molecule has 1 fully saturated rings. The second kappa shape index (κ2) is 3.68. The van der Waals surface area contributed by atoms with Crippen molar-refractivity contribution in [1.29, 1.82) is 0 Å². The van der Waals surface area contributed by atoms with Gasteiger partial charge in [0, 0.05) is 6.20 Å². The molecule has 1 aliphatic rings. The maximum atomic E-state index is 4.27. The molecule has 5 nitrogen and oxygen atoms in total. The topological polar surface area (TPSA) is 71.2 Å². The van der Waals surface area contributed by atoms with Crippen LogP contribution < -0.4 is 5.73 Å². The third kappa shape index (κ3) is 1.59. The molecule has 16 heavy (non-hydrogen) atoms. The molecular weight excluding hydrogens is 202 g/mol. The highest BCUT2D eigenvalue weighted by Crippen LogP contribution is 2.40. The lowest BCUT2D eigenvalue weighted by Crippen LogP contribution is -2.48. The van der Waals surface area contributed by atoms with E-state index in [4.69, 9.17) is 0 Å². The number of pyridine rings is 1. The first-order valence-electron chi connectivity index (χ1n) is 5.52. The fraction of sp³-hybridized carbons (Fsp3) is 0.364. The lowest BCUT2D eigenvalue weighted by molar-refractivity contribution is -0.388. The van der Waals surface area contributed by atoms with E-state index in [1.807, 2.05) is 17.1 Å².